The SMILES string of the molecule is CCCCCCC(C)(C)c1cc(O)c(C2C=C(C)CCC2)c(O)c1. The van der Waals surface area contributed by atoms with Gasteiger partial charge in [-0.2, -0.15) is 0 Å². The number of allylic oxidation sites excluding steroid dienone is 2. The Labute approximate surface area is 147 Å². The molecular weight excluding hydrogens is 296 g/mol. The van der Waals surface area contributed by atoms with Crippen LogP contribution in [0.15, 0.2) is 23.8 Å². The summed E-state index contributed by atoms with van der Waals surface area (Å²) in [5, 5.41) is 21.2. The van der Waals surface area contributed by atoms with Crippen LogP contribution in [0.5, 0.6) is 11.5 Å². The zero-order chi connectivity index (χ0) is 17.7. The molecular formula is C22H34O2. The van der Waals surface area contributed by atoms with E-state index in [1.165, 1.54) is 31.3 Å². The number of phenols is 2. The zero-order valence-corrected chi connectivity index (χ0v) is 15.9. The van der Waals surface area contributed by atoms with Crippen LogP contribution in [-0.2, 0) is 5.41 Å². The van der Waals surface area contributed by atoms with E-state index in [2.05, 4.69) is 33.8 Å². The molecule has 1 aromatic rings. The Hall–Kier alpha value is -1.44. The van der Waals surface area contributed by atoms with Gasteiger partial charge in [0.15, 0.2) is 0 Å². The van der Waals surface area contributed by atoms with Crippen LogP contribution in [0.1, 0.15) is 96.1 Å². The quantitative estimate of drug-likeness (QED) is 0.439. The van der Waals surface area contributed by atoms with Gasteiger partial charge in [0, 0.05) is 11.5 Å². The fourth-order valence-electron chi connectivity index (χ4n) is 3.87. The summed E-state index contributed by atoms with van der Waals surface area (Å²) in [6.45, 7) is 8.77. The standard InChI is InChI=1S/C22H34O2/c1-5-6-7-8-12-22(3,4)18-14-19(23)21(20(24)15-18)17-11-9-10-16(2)13-17/h13-15,17,23-24H,5-12H2,1-4H3. The van der Waals surface area contributed by atoms with Crippen molar-refractivity contribution in [2.75, 3.05) is 0 Å². The first-order valence-corrected chi connectivity index (χ1v) is 9.59. The summed E-state index contributed by atoms with van der Waals surface area (Å²) < 4.78 is 0. The van der Waals surface area contributed by atoms with Gasteiger partial charge in [-0.25, -0.2) is 0 Å². The molecule has 0 bridgehead atoms. The summed E-state index contributed by atoms with van der Waals surface area (Å²) >= 11 is 0. The van der Waals surface area contributed by atoms with E-state index in [-0.39, 0.29) is 22.8 Å². The maximum Gasteiger partial charge on any atom is 0.123 e. The second-order valence-corrected chi connectivity index (χ2v) is 8.13. The number of unbranched alkanes of at least 4 members (excludes halogenated alkanes) is 3. The highest BCUT2D eigenvalue weighted by Gasteiger charge is 2.26. The molecule has 0 aliphatic heterocycles. The van der Waals surface area contributed by atoms with E-state index >= 15 is 0 Å². The molecule has 0 fully saturated rings. The fourth-order valence-corrected chi connectivity index (χ4v) is 3.87. The number of hydrogen-bond donors (Lipinski definition) is 2. The Balaban J connectivity index is 2.21. The van der Waals surface area contributed by atoms with Crippen molar-refractivity contribution in [2.24, 2.45) is 0 Å². The lowest BCUT2D eigenvalue weighted by Gasteiger charge is -2.28. The van der Waals surface area contributed by atoms with Crippen LogP contribution in [0.2, 0.25) is 0 Å². The van der Waals surface area contributed by atoms with Crippen LogP contribution in [0.25, 0.3) is 0 Å². The molecule has 0 aromatic heterocycles. The van der Waals surface area contributed by atoms with Gasteiger partial charge >= 0.3 is 0 Å². The molecule has 2 heteroatoms. The lowest BCUT2D eigenvalue weighted by Crippen LogP contribution is -2.17. The van der Waals surface area contributed by atoms with Crippen LogP contribution >= 0.6 is 0 Å². The maximum absolute atomic E-state index is 10.6. The van der Waals surface area contributed by atoms with Gasteiger partial charge in [0.1, 0.15) is 11.5 Å². The van der Waals surface area contributed by atoms with Crippen LogP contribution in [-0.4, -0.2) is 10.2 Å². The first kappa shape index (κ1) is 18.9. The second-order valence-electron chi connectivity index (χ2n) is 8.13. The summed E-state index contributed by atoms with van der Waals surface area (Å²) in [6, 6.07) is 3.76. The minimum Gasteiger partial charge on any atom is -0.507 e. The van der Waals surface area contributed by atoms with Gasteiger partial charge in [-0.1, -0.05) is 58.1 Å². The zero-order valence-electron chi connectivity index (χ0n) is 15.9. The van der Waals surface area contributed by atoms with E-state index in [1.807, 2.05) is 12.1 Å². The van der Waals surface area contributed by atoms with Crippen LogP contribution in [0.4, 0.5) is 0 Å². The van der Waals surface area contributed by atoms with Crippen molar-refractivity contribution in [3.05, 3.63) is 34.9 Å². The Morgan fingerprint density at radius 2 is 1.75 bits per heavy atom. The maximum atomic E-state index is 10.6. The van der Waals surface area contributed by atoms with E-state index in [0.29, 0.717) is 5.56 Å². The van der Waals surface area contributed by atoms with Crippen molar-refractivity contribution in [3.8, 4) is 11.5 Å². The molecule has 134 valence electrons. The number of aromatic hydroxyl groups is 2. The number of benzene rings is 1. The molecule has 0 spiro atoms. The van der Waals surface area contributed by atoms with E-state index < -0.39 is 0 Å². The van der Waals surface area contributed by atoms with Crippen molar-refractivity contribution < 1.29 is 10.2 Å². The van der Waals surface area contributed by atoms with Gasteiger partial charge in [0.2, 0.25) is 0 Å². The highest BCUT2D eigenvalue weighted by atomic mass is 16.3. The van der Waals surface area contributed by atoms with E-state index in [0.717, 1.165) is 31.2 Å². The lowest BCUT2D eigenvalue weighted by atomic mass is 9.78. The molecule has 1 aromatic carbocycles. The van der Waals surface area contributed by atoms with Crippen LogP contribution in [0, 0.1) is 0 Å². The summed E-state index contributed by atoms with van der Waals surface area (Å²) in [7, 11) is 0. The Morgan fingerprint density at radius 3 is 2.33 bits per heavy atom. The van der Waals surface area contributed by atoms with Gasteiger partial charge in [-0.05, 0) is 55.7 Å². The van der Waals surface area contributed by atoms with Gasteiger partial charge < -0.3 is 10.2 Å². The summed E-state index contributed by atoms with van der Waals surface area (Å²) in [6.07, 6.45) is 11.5. The van der Waals surface area contributed by atoms with Crippen LogP contribution < -0.4 is 0 Å². The van der Waals surface area contributed by atoms with Crippen molar-refractivity contribution in [1.82, 2.24) is 0 Å². The normalized spacial score (nSPS) is 18.5. The monoisotopic (exact) mass is 330 g/mol. The first-order valence-electron chi connectivity index (χ1n) is 9.59. The van der Waals surface area contributed by atoms with Crippen LogP contribution in [0.3, 0.4) is 0 Å². The second kappa shape index (κ2) is 8.09. The molecule has 0 saturated carbocycles. The fraction of sp³-hybridized carbons (Fsp3) is 0.636. The third-order valence-corrected chi connectivity index (χ3v) is 5.52. The Kier molecular flexibility index (Phi) is 6.37. The highest BCUT2D eigenvalue weighted by molar-refractivity contribution is 5.52. The molecule has 1 unspecified atom stereocenters. The summed E-state index contributed by atoms with van der Waals surface area (Å²) in [5.41, 5.74) is 3.07. The number of hydrogen-bond acceptors (Lipinski definition) is 2. The molecule has 1 atom stereocenters. The van der Waals surface area contributed by atoms with Gasteiger partial charge in [0.25, 0.3) is 0 Å². The average molecular weight is 331 g/mol. The molecule has 1 aliphatic rings. The molecule has 2 rings (SSSR count). The minimum absolute atomic E-state index is 0.0282. The molecule has 24 heavy (non-hydrogen) atoms. The van der Waals surface area contributed by atoms with Gasteiger partial charge in [-0.3, -0.25) is 0 Å². The molecule has 0 radical (unpaired) electrons. The Morgan fingerprint density at radius 1 is 1.08 bits per heavy atom. The molecule has 0 saturated heterocycles. The predicted octanol–water partition coefficient (Wildman–Crippen LogP) is 6.56. The van der Waals surface area contributed by atoms with Crippen molar-refractivity contribution in [2.45, 2.75) is 90.4 Å². The first-order chi connectivity index (χ1) is 11.3. The minimum atomic E-state index is -0.0282. The molecule has 0 heterocycles. The molecule has 2 nitrogen and oxygen atoms in total. The molecule has 0 amide bonds. The topological polar surface area (TPSA) is 40.5 Å². The van der Waals surface area contributed by atoms with Crippen molar-refractivity contribution in [3.63, 3.8) is 0 Å². The van der Waals surface area contributed by atoms with Crippen molar-refractivity contribution in [1.29, 1.82) is 0 Å². The molecule has 2 N–H and O–H groups in total. The summed E-state index contributed by atoms with van der Waals surface area (Å²) in [4.78, 5) is 0. The third kappa shape index (κ3) is 4.55. The largest absolute Gasteiger partial charge is 0.507 e. The number of phenolic OH excluding ortho intramolecular Hbond substituents is 2. The van der Waals surface area contributed by atoms with E-state index in [4.69, 9.17) is 0 Å². The average Bonchev–Trinajstić information content (AvgIpc) is 2.51. The number of rotatable bonds is 7. The van der Waals surface area contributed by atoms with E-state index in [1.54, 1.807) is 0 Å². The summed E-state index contributed by atoms with van der Waals surface area (Å²) in [5.74, 6) is 0.644. The molecule has 1 aliphatic carbocycles. The van der Waals surface area contributed by atoms with Gasteiger partial charge in [-0.15, -0.1) is 0 Å². The highest BCUT2D eigenvalue weighted by Crippen LogP contribution is 2.43. The van der Waals surface area contributed by atoms with Crippen molar-refractivity contribution >= 4 is 0 Å². The Bertz CT molecular complexity index is 561. The predicted molar refractivity (Wildman–Crippen MR) is 102 cm³/mol. The van der Waals surface area contributed by atoms with Gasteiger partial charge in [0.05, 0.1) is 0 Å². The lowest BCUT2D eigenvalue weighted by molar-refractivity contribution is 0.411. The third-order valence-electron chi connectivity index (χ3n) is 5.52. The van der Waals surface area contributed by atoms with E-state index in [9.17, 15) is 10.2 Å². The smallest absolute Gasteiger partial charge is 0.123 e.